The zero-order valence-electron chi connectivity index (χ0n) is 16.9. The van der Waals surface area contributed by atoms with Gasteiger partial charge in [-0.15, -0.1) is 0 Å². The van der Waals surface area contributed by atoms with Crippen LogP contribution in [0.1, 0.15) is 31.0 Å². The van der Waals surface area contributed by atoms with Crippen molar-refractivity contribution in [2.24, 2.45) is 0 Å². The summed E-state index contributed by atoms with van der Waals surface area (Å²) < 4.78 is 2.09. The molecule has 3 heterocycles. The van der Waals surface area contributed by atoms with Crippen molar-refractivity contribution < 1.29 is 5.11 Å². The molecule has 5 aromatic rings. The molecule has 0 atom stereocenters. The monoisotopic (exact) mass is 407 g/mol. The first-order valence-corrected chi connectivity index (χ1v) is 10.5. The lowest BCUT2D eigenvalue weighted by molar-refractivity contribution is 0.400. The molecule has 1 aliphatic rings. The van der Waals surface area contributed by atoms with Gasteiger partial charge in [0.15, 0.2) is 0 Å². The average molecular weight is 407 g/mol. The number of fused-ring (bicyclic) bond motifs is 2. The first kappa shape index (κ1) is 17.9. The minimum absolute atomic E-state index is 0.166. The molecule has 3 aromatic heterocycles. The highest BCUT2D eigenvalue weighted by Crippen LogP contribution is 2.40. The van der Waals surface area contributed by atoms with Crippen LogP contribution in [-0.2, 0) is 0 Å². The summed E-state index contributed by atoms with van der Waals surface area (Å²) in [5.41, 5.74) is 11.1. The molecular weight excluding hydrogens is 386 g/mol. The quantitative estimate of drug-likeness (QED) is 0.431. The summed E-state index contributed by atoms with van der Waals surface area (Å²) in [5.74, 6) is 2.15. The Morgan fingerprint density at radius 3 is 2.55 bits per heavy atom. The van der Waals surface area contributed by atoms with E-state index >= 15 is 0 Å². The van der Waals surface area contributed by atoms with E-state index in [9.17, 15) is 5.11 Å². The molecule has 6 rings (SSSR count). The van der Waals surface area contributed by atoms with Crippen LogP contribution in [0.2, 0.25) is 0 Å². The van der Waals surface area contributed by atoms with Gasteiger partial charge in [0.2, 0.25) is 0 Å². The van der Waals surface area contributed by atoms with Crippen LogP contribution in [0.3, 0.4) is 0 Å². The second-order valence-corrected chi connectivity index (χ2v) is 8.11. The molecule has 31 heavy (non-hydrogen) atoms. The van der Waals surface area contributed by atoms with Gasteiger partial charge in [-0.05, 0) is 25.0 Å². The van der Waals surface area contributed by atoms with Crippen LogP contribution in [0.15, 0.2) is 67.0 Å². The van der Waals surface area contributed by atoms with E-state index < -0.39 is 0 Å². The van der Waals surface area contributed by atoms with Gasteiger partial charge in [0.05, 0.1) is 5.52 Å². The summed E-state index contributed by atoms with van der Waals surface area (Å²) in [4.78, 5) is 14.1. The van der Waals surface area contributed by atoms with Crippen molar-refractivity contribution in [3.63, 3.8) is 0 Å². The van der Waals surface area contributed by atoms with E-state index in [1.807, 2.05) is 54.7 Å². The number of hydrogen-bond donors (Lipinski definition) is 2. The van der Waals surface area contributed by atoms with Crippen LogP contribution in [0, 0.1) is 0 Å². The predicted molar refractivity (Wildman–Crippen MR) is 122 cm³/mol. The number of benzene rings is 2. The number of pyridine rings is 1. The van der Waals surface area contributed by atoms with Gasteiger partial charge in [0.1, 0.15) is 34.3 Å². The van der Waals surface area contributed by atoms with E-state index in [0.29, 0.717) is 17.4 Å². The summed E-state index contributed by atoms with van der Waals surface area (Å²) in [7, 11) is 0. The third-order valence-corrected chi connectivity index (χ3v) is 6.20. The lowest BCUT2D eigenvalue weighted by Crippen LogP contribution is -2.12. The molecule has 0 aliphatic heterocycles. The normalized spacial score (nSPS) is 14.2. The number of anilines is 1. The fraction of sp³-hybridized carbons (Fsp3) is 0.160. The van der Waals surface area contributed by atoms with Gasteiger partial charge in [0, 0.05) is 34.8 Å². The summed E-state index contributed by atoms with van der Waals surface area (Å²) in [6.07, 6.45) is 7.22. The van der Waals surface area contributed by atoms with Crippen molar-refractivity contribution in [1.29, 1.82) is 0 Å². The van der Waals surface area contributed by atoms with Crippen molar-refractivity contribution in [3.05, 3.63) is 72.8 Å². The number of nitrogens with zero attached hydrogens (tertiary/aromatic N) is 4. The van der Waals surface area contributed by atoms with Crippen LogP contribution in [-0.4, -0.2) is 24.5 Å². The maximum atomic E-state index is 10.5. The smallest absolute Gasteiger partial charge is 0.150 e. The number of nitrogen functional groups attached to an aromatic ring is 1. The van der Waals surface area contributed by atoms with Gasteiger partial charge in [-0.2, -0.15) is 0 Å². The van der Waals surface area contributed by atoms with Crippen LogP contribution in [0.4, 0.5) is 5.82 Å². The molecule has 1 fully saturated rings. The highest BCUT2D eigenvalue weighted by atomic mass is 16.3. The minimum Gasteiger partial charge on any atom is -0.506 e. The molecule has 6 nitrogen and oxygen atoms in total. The lowest BCUT2D eigenvalue weighted by Gasteiger charge is -2.23. The first-order chi connectivity index (χ1) is 15.2. The third kappa shape index (κ3) is 2.83. The highest BCUT2D eigenvalue weighted by Gasteiger charge is 2.27. The molecule has 152 valence electrons. The van der Waals surface area contributed by atoms with E-state index in [2.05, 4.69) is 9.38 Å². The number of aromatic hydroxyl groups is 1. The molecular formula is C25H21N5O. The Balaban J connectivity index is 1.55. The fourth-order valence-corrected chi connectivity index (χ4v) is 4.35. The van der Waals surface area contributed by atoms with Gasteiger partial charge in [0.25, 0.3) is 0 Å². The molecule has 0 amide bonds. The fourth-order valence-electron chi connectivity index (χ4n) is 4.35. The molecule has 6 heteroatoms. The van der Waals surface area contributed by atoms with Crippen molar-refractivity contribution in [1.82, 2.24) is 19.4 Å². The summed E-state index contributed by atoms with van der Waals surface area (Å²) in [6, 6.07) is 17.4. The van der Waals surface area contributed by atoms with E-state index in [0.717, 1.165) is 51.9 Å². The zero-order chi connectivity index (χ0) is 20.9. The number of hydrogen-bond acceptors (Lipinski definition) is 5. The van der Waals surface area contributed by atoms with Crippen molar-refractivity contribution in [3.8, 4) is 28.3 Å². The minimum atomic E-state index is 0.166. The van der Waals surface area contributed by atoms with Gasteiger partial charge in [-0.3, -0.25) is 4.40 Å². The van der Waals surface area contributed by atoms with Gasteiger partial charge in [-0.25, -0.2) is 15.0 Å². The maximum absolute atomic E-state index is 10.5. The number of aromatic nitrogens is 4. The lowest BCUT2D eigenvalue weighted by atomic mass is 9.85. The Hall–Kier alpha value is -3.93. The molecule has 1 aliphatic carbocycles. The summed E-state index contributed by atoms with van der Waals surface area (Å²) >= 11 is 0. The Bertz CT molecular complexity index is 1440. The van der Waals surface area contributed by atoms with Crippen molar-refractivity contribution in [2.45, 2.75) is 25.2 Å². The second kappa shape index (κ2) is 6.80. The Morgan fingerprint density at radius 2 is 1.77 bits per heavy atom. The van der Waals surface area contributed by atoms with Gasteiger partial charge < -0.3 is 10.8 Å². The molecule has 2 aromatic carbocycles. The van der Waals surface area contributed by atoms with Crippen LogP contribution >= 0.6 is 0 Å². The largest absolute Gasteiger partial charge is 0.506 e. The van der Waals surface area contributed by atoms with E-state index in [1.165, 1.54) is 6.42 Å². The Morgan fingerprint density at radius 1 is 0.935 bits per heavy atom. The van der Waals surface area contributed by atoms with Crippen molar-refractivity contribution >= 4 is 22.2 Å². The SMILES string of the molecule is Nc1nccn2c(C3CCC3)nc(-c3ccc4cc(O)c(-c5ccccc5)nc4c3)c12. The van der Waals surface area contributed by atoms with Crippen LogP contribution in [0.25, 0.3) is 38.9 Å². The van der Waals surface area contributed by atoms with Crippen LogP contribution < -0.4 is 5.73 Å². The molecule has 1 saturated carbocycles. The number of rotatable bonds is 3. The standard InChI is InChI=1S/C25H21N5O/c26-24-23-22(29-25(16-7-4-8-16)30(23)12-11-27-24)18-10-9-17-14-20(31)21(28-19(17)13-18)15-5-2-1-3-6-15/h1-3,5-6,9-14,16,31H,4,7-8H2,(H2,26,27). The topological polar surface area (TPSA) is 89.3 Å². The Kier molecular flexibility index (Phi) is 3.93. The van der Waals surface area contributed by atoms with E-state index in [-0.39, 0.29) is 5.75 Å². The third-order valence-electron chi connectivity index (χ3n) is 6.20. The second-order valence-electron chi connectivity index (χ2n) is 8.11. The summed E-state index contributed by atoms with van der Waals surface area (Å²) in [5, 5.41) is 11.4. The predicted octanol–water partition coefficient (Wildman–Crippen LogP) is 5.17. The van der Waals surface area contributed by atoms with E-state index in [4.69, 9.17) is 15.7 Å². The molecule has 0 bridgehead atoms. The first-order valence-electron chi connectivity index (χ1n) is 10.5. The molecule has 0 unspecified atom stereocenters. The Labute approximate surface area is 179 Å². The molecule has 3 N–H and O–H groups in total. The number of nitrogens with two attached hydrogens (primary N) is 1. The van der Waals surface area contributed by atoms with Gasteiger partial charge >= 0.3 is 0 Å². The summed E-state index contributed by atoms with van der Waals surface area (Å²) in [6.45, 7) is 0. The molecule has 0 spiro atoms. The van der Waals surface area contributed by atoms with Crippen molar-refractivity contribution in [2.75, 3.05) is 5.73 Å². The van der Waals surface area contributed by atoms with Crippen LogP contribution in [0.5, 0.6) is 5.75 Å². The highest BCUT2D eigenvalue weighted by molar-refractivity contribution is 5.92. The number of imidazole rings is 1. The van der Waals surface area contributed by atoms with Gasteiger partial charge in [-0.1, -0.05) is 48.9 Å². The molecule has 0 radical (unpaired) electrons. The zero-order valence-corrected chi connectivity index (χ0v) is 16.9. The average Bonchev–Trinajstić information content (AvgIpc) is 3.13. The maximum Gasteiger partial charge on any atom is 0.150 e. The van der Waals surface area contributed by atoms with E-state index in [1.54, 1.807) is 12.3 Å². The molecule has 0 saturated heterocycles.